The summed E-state index contributed by atoms with van der Waals surface area (Å²) in [5, 5.41) is 2.67. The molecule has 1 aliphatic heterocycles. The number of carbonyl (C=O) groups excluding carboxylic acids is 1. The lowest BCUT2D eigenvalue weighted by atomic mass is 10.1. The number of hydrogen-bond acceptors (Lipinski definition) is 6. The molecule has 3 rings (SSSR count). The van der Waals surface area contributed by atoms with Crippen LogP contribution in [0.15, 0.2) is 30.7 Å². The van der Waals surface area contributed by atoms with E-state index in [1.807, 2.05) is 0 Å². The molecule has 0 aliphatic carbocycles. The van der Waals surface area contributed by atoms with Gasteiger partial charge in [0, 0.05) is 48.5 Å². The highest BCUT2D eigenvalue weighted by atomic mass is 32.2. The molecule has 1 fully saturated rings. The predicted molar refractivity (Wildman–Crippen MR) is 90.8 cm³/mol. The van der Waals surface area contributed by atoms with Crippen LogP contribution < -0.4 is 5.32 Å². The van der Waals surface area contributed by atoms with Gasteiger partial charge in [-0.25, -0.2) is 14.3 Å². The highest BCUT2D eigenvalue weighted by Gasteiger charge is 2.34. The van der Waals surface area contributed by atoms with Crippen LogP contribution in [-0.2, 0) is 28.8 Å². The molecule has 28 heavy (non-hydrogen) atoms. The summed E-state index contributed by atoms with van der Waals surface area (Å²) in [5.74, 6) is -1.64. The fraction of sp³-hybridized carbons (Fsp3) is 0.375. The molecular weight excluding hydrogens is 399 g/mol. The average Bonchev–Trinajstić information content (AvgIpc) is 3.16. The van der Waals surface area contributed by atoms with Gasteiger partial charge in [-0.05, 0) is 30.5 Å². The van der Waals surface area contributed by atoms with E-state index < -0.39 is 35.2 Å². The van der Waals surface area contributed by atoms with Gasteiger partial charge in [0.05, 0.1) is 5.69 Å². The predicted octanol–water partition coefficient (Wildman–Crippen LogP) is 1.43. The second kappa shape index (κ2) is 8.29. The number of aromatic nitrogens is 3. The normalized spacial score (nSPS) is 18.8. The van der Waals surface area contributed by atoms with Crippen molar-refractivity contribution in [3.05, 3.63) is 42.1 Å². The number of nitrogens with zero attached hydrogens (tertiary/aromatic N) is 4. The monoisotopic (exact) mass is 414 g/mol. The number of halogens is 3. The number of pyridine rings is 1. The second-order valence-electron chi connectivity index (χ2n) is 6.08. The lowest BCUT2D eigenvalue weighted by molar-refractivity contribution is -0.145. The van der Waals surface area contributed by atoms with E-state index in [0.29, 0.717) is 36.2 Å². The van der Waals surface area contributed by atoms with E-state index in [-0.39, 0.29) is 6.54 Å². The zero-order chi connectivity index (χ0) is 20.3. The maximum atomic E-state index is 12.5. The molecule has 0 spiro atoms. The average molecular weight is 414 g/mol. The van der Waals surface area contributed by atoms with Crippen LogP contribution in [0.4, 0.5) is 13.2 Å². The number of hydrogen-bond donors (Lipinski definition) is 1. The Balaban J connectivity index is 1.67. The molecule has 0 bridgehead atoms. The van der Waals surface area contributed by atoms with E-state index in [9.17, 15) is 26.7 Å². The van der Waals surface area contributed by atoms with E-state index in [1.165, 1.54) is 6.20 Å². The standard InChI is InChI=1S/C16H16F3N5O3S/c17-16(18,19)15-22-8-11(9-23-15)12-6-10(3-4-20-12)7-21-14(25)13-2-1-5-24(13)28(26)27/h3-4,6,8-9,13H,1-2,5,7H2,(H,21,25)(H,26,27)/p-1. The van der Waals surface area contributed by atoms with Crippen LogP contribution in [0.1, 0.15) is 24.2 Å². The molecule has 2 atom stereocenters. The van der Waals surface area contributed by atoms with E-state index >= 15 is 0 Å². The Morgan fingerprint density at radius 2 is 2.04 bits per heavy atom. The molecule has 2 aromatic rings. The Morgan fingerprint density at radius 1 is 1.32 bits per heavy atom. The molecule has 0 radical (unpaired) electrons. The first-order valence-corrected chi connectivity index (χ1v) is 9.27. The third-order valence-electron chi connectivity index (χ3n) is 4.19. The van der Waals surface area contributed by atoms with Crippen molar-refractivity contribution < 1.29 is 26.7 Å². The molecule has 0 saturated carbocycles. The van der Waals surface area contributed by atoms with Crippen molar-refractivity contribution in [3.63, 3.8) is 0 Å². The minimum Gasteiger partial charge on any atom is -0.760 e. The number of amides is 1. The minimum absolute atomic E-state index is 0.117. The topological polar surface area (TPSA) is 111 Å². The van der Waals surface area contributed by atoms with Crippen LogP contribution in [-0.4, -0.2) is 46.5 Å². The van der Waals surface area contributed by atoms with Gasteiger partial charge in [0.2, 0.25) is 11.7 Å². The highest BCUT2D eigenvalue weighted by Crippen LogP contribution is 2.26. The summed E-state index contributed by atoms with van der Waals surface area (Å²) in [5.41, 5.74) is 1.29. The maximum absolute atomic E-state index is 12.5. The summed E-state index contributed by atoms with van der Waals surface area (Å²) in [4.78, 5) is 22.9. The largest absolute Gasteiger partial charge is 0.760 e. The van der Waals surface area contributed by atoms with Gasteiger partial charge in [0.1, 0.15) is 6.04 Å². The Labute approximate surface area is 160 Å². The first kappa shape index (κ1) is 20.3. The molecular formula is C16H15F3N5O3S-. The Morgan fingerprint density at radius 3 is 2.68 bits per heavy atom. The van der Waals surface area contributed by atoms with Crippen LogP contribution in [0, 0.1) is 0 Å². The molecule has 1 aliphatic rings. The minimum atomic E-state index is -4.63. The number of rotatable bonds is 5. The second-order valence-corrected chi connectivity index (χ2v) is 6.98. The van der Waals surface area contributed by atoms with Gasteiger partial charge in [0.15, 0.2) is 0 Å². The zero-order valence-corrected chi connectivity index (χ0v) is 15.2. The van der Waals surface area contributed by atoms with Crippen molar-refractivity contribution in [3.8, 4) is 11.3 Å². The molecule has 12 heteroatoms. The van der Waals surface area contributed by atoms with Crippen LogP contribution in [0.5, 0.6) is 0 Å². The van der Waals surface area contributed by atoms with Gasteiger partial charge < -0.3 is 9.87 Å². The summed E-state index contributed by atoms with van der Waals surface area (Å²) in [6.45, 7) is 0.424. The fourth-order valence-corrected chi connectivity index (χ4v) is 3.52. The van der Waals surface area contributed by atoms with E-state index in [0.717, 1.165) is 16.7 Å². The Kier molecular flexibility index (Phi) is 6.01. The smallest absolute Gasteiger partial charge is 0.451 e. The van der Waals surface area contributed by atoms with Gasteiger partial charge in [-0.15, -0.1) is 0 Å². The van der Waals surface area contributed by atoms with Crippen molar-refractivity contribution in [2.24, 2.45) is 0 Å². The fourth-order valence-electron chi connectivity index (χ4n) is 2.84. The van der Waals surface area contributed by atoms with E-state index in [2.05, 4.69) is 20.3 Å². The Hall–Kier alpha value is -2.44. The lowest BCUT2D eigenvalue weighted by Crippen LogP contribution is -2.43. The van der Waals surface area contributed by atoms with Crippen molar-refractivity contribution in [1.29, 1.82) is 0 Å². The molecule has 0 aromatic carbocycles. The Bertz CT molecular complexity index is 879. The van der Waals surface area contributed by atoms with Gasteiger partial charge in [-0.3, -0.25) is 14.0 Å². The molecule has 150 valence electrons. The van der Waals surface area contributed by atoms with Crippen molar-refractivity contribution in [2.75, 3.05) is 6.54 Å². The van der Waals surface area contributed by atoms with Gasteiger partial charge in [-0.2, -0.15) is 13.2 Å². The number of carbonyl (C=O) groups is 1. The van der Waals surface area contributed by atoms with Gasteiger partial charge >= 0.3 is 6.18 Å². The van der Waals surface area contributed by atoms with Crippen LogP contribution in [0.2, 0.25) is 0 Å². The SMILES string of the molecule is O=C(NCc1ccnc(-c2cnc(C(F)(F)F)nc2)c1)C1CCCN1S(=O)[O-]. The third-order valence-corrected chi connectivity index (χ3v) is 5.01. The van der Waals surface area contributed by atoms with E-state index in [1.54, 1.807) is 12.1 Å². The summed E-state index contributed by atoms with van der Waals surface area (Å²) in [6, 6.07) is 2.49. The quantitative estimate of drug-likeness (QED) is 0.741. The molecule has 8 nitrogen and oxygen atoms in total. The zero-order valence-electron chi connectivity index (χ0n) is 14.3. The molecule has 1 saturated heterocycles. The summed E-state index contributed by atoms with van der Waals surface area (Å²) < 4.78 is 61.0. The maximum Gasteiger partial charge on any atom is 0.451 e. The molecule has 2 aromatic heterocycles. The molecule has 2 unspecified atom stereocenters. The van der Waals surface area contributed by atoms with E-state index in [4.69, 9.17) is 0 Å². The van der Waals surface area contributed by atoms with Crippen LogP contribution in [0.3, 0.4) is 0 Å². The molecule has 1 amide bonds. The highest BCUT2D eigenvalue weighted by molar-refractivity contribution is 7.76. The number of alkyl halides is 3. The van der Waals surface area contributed by atoms with Crippen LogP contribution >= 0.6 is 0 Å². The first-order chi connectivity index (χ1) is 13.3. The molecule has 1 N–H and O–H groups in total. The van der Waals surface area contributed by atoms with Crippen LogP contribution in [0.25, 0.3) is 11.3 Å². The first-order valence-electron chi connectivity index (χ1n) is 8.24. The van der Waals surface area contributed by atoms with Gasteiger partial charge in [0.25, 0.3) is 0 Å². The van der Waals surface area contributed by atoms with Gasteiger partial charge in [-0.1, -0.05) is 0 Å². The summed E-state index contributed by atoms with van der Waals surface area (Å²) >= 11 is -2.46. The van der Waals surface area contributed by atoms with Crippen molar-refractivity contribution >= 4 is 17.2 Å². The third kappa shape index (κ3) is 4.69. The summed E-state index contributed by atoms with van der Waals surface area (Å²) in [7, 11) is 0. The van der Waals surface area contributed by atoms with Crippen molar-refractivity contribution in [2.45, 2.75) is 31.6 Å². The van der Waals surface area contributed by atoms with Crippen molar-refractivity contribution in [1.82, 2.24) is 24.6 Å². The lowest BCUT2D eigenvalue weighted by Gasteiger charge is -2.25. The number of nitrogens with one attached hydrogen (secondary N) is 1. The summed E-state index contributed by atoms with van der Waals surface area (Å²) in [6.07, 6.45) is -0.0618. The molecule has 3 heterocycles.